The second-order valence-corrected chi connectivity index (χ2v) is 3.19. The molecule has 3 N–H and O–H groups in total. The number of hydrogen-bond donors (Lipinski definition) is 2. The maximum absolute atomic E-state index is 11.1. The van der Waals surface area contributed by atoms with Gasteiger partial charge in [0, 0.05) is 11.8 Å². The van der Waals surface area contributed by atoms with Crippen molar-refractivity contribution >= 4 is 11.8 Å². The van der Waals surface area contributed by atoms with Crippen LogP contribution in [0.25, 0.3) is 0 Å². The van der Waals surface area contributed by atoms with E-state index in [4.69, 9.17) is 5.73 Å². The van der Waals surface area contributed by atoms with Crippen LogP contribution in [0.5, 0.6) is 0 Å². The van der Waals surface area contributed by atoms with E-state index in [0.29, 0.717) is 5.82 Å². The molecule has 0 amide bonds. The van der Waals surface area contributed by atoms with E-state index >= 15 is 0 Å². The molecule has 0 radical (unpaired) electrons. The topological polar surface area (TPSA) is 90.4 Å². The highest BCUT2D eigenvalue weighted by molar-refractivity contribution is 5.74. The van der Waals surface area contributed by atoms with Gasteiger partial charge in [-0.15, -0.1) is 0 Å². The monoisotopic (exact) mass is 213 g/mol. The fourth-order valence-corrected chi connectivity index (χ4v) is 1.12. The molecule has 0 spiro atoms. The molecule has 1 aromatic rings. The van der Waals surface area contributed by atoms with Crippen LogP contribution in [0.3, 0.4) is 0 Å². The highest BCUT2D eigenvalue weighted by atomic mass is 16.5. The van der Waals surface area contributed by atoms with Crippen LogP contribution >= 0.6 is 0 Å². The Morgan fingerprint density at radius 1 is 1.80 bits per heavy atom. The number of nitrogens with zero attached hydrogens (tertiary/aromatic N) is 2. The van der Waals surface area contributed by atoms with Gasteiger partial charge in [-0.2, -0.15) is 5.10 Å². The lowest BCUT2D eigenvalue weighted by Crippen LogP contribution is -2.28. The Bertz CT molecular complexity index is 329. The van der Waals surface area contributed by atoms with Crippen molar-refractivity contribution in [3.8, 4) is 0 Å². The molecule has 0 bridgehead atoms. The fraction of sp³-hybridized carbons (Fsp3) is 0.556. The normalized spacial score (nSPS) is 12.5. The summed E-state index contributed by atoms with van der Waals surface area (Å²) < 4.78 is 6.07. The number of nitrogen functional groups attached to an aromatic ring is 1. The van der Waals surface area contributed by atoms with E-state index in [0.717, 1.165) is 5.56 Å². The molecule has 0 saturated heterocycles. The molecule has 0 aliphatic rings. The molecule has 1 atom stereocenters. The van der Waals surface area contributed by atoms with E-state index in [1.807, 2.05) is 0 Å². The fourth-order valence-electron chi connectivity index (χ4n) is 1.12. The molecule has 1 rings (SSSR count). The number of anilines is 1. The Hall–Kier alpha value is -1.56. The van der Waals surface area contributed by atoms with Gasteiger partial charge in [-0.25, -0.2) is 4.79 Å². The average Bonchev–Trinajstić information content (AvgIpc) is 2.46. The van der Waals surface area contributed by atoms with Gasteiger partial charge in [-0.05, 0) is 13.8 Å². The van der Waals surface area contributed by atoms with Crippen LogP contribution in [-0.2, 0) is 16.1 Å². The molecular weight excluding hydrogens is 198 g/mol. The predicted molar refractivity (Wildman–Crippen MR) is 54.0 cm³/mol. The van der Waals surface area contributed by atoms with Crippen LogP contribution in [-0.4, -0.2) is 33.6 Å². The summed E-state index contributed by atoms with van der Waals surface area (Å²) in [5.41, 5.74) is 6.33. The number of aliphatic hydroxyl groups is 1. The minimum atomic E-state index is -1.20. The number of aryl methyl sites for hydroxylation is 1. The zero-order valence-corrected chi connectivity index (χ0v) is 8.80. The zero-order valence-electron chi connectivity index (χ0n) is 8.80. The van der Waals surface area contributed by atoms with Gasteiger partial charge in [0.25, 0.3) is 0 Å². The lowest BCUT2D eigenvalue weighted by molar-refractivity contribution is -0.153. The second kappa shape index (κ2) is 4.79. The van der Waals surface area contributed by atoms with Crippen LogP contribution < -0.4 is 5.73 Å². The Kier molecular flexibility index (Phi) is 3.68. The first-order chi connectivity index (χ1) is 7.04. The number of ether oxygens (including phenoxy) is 1. The van der Waals surface area contributed by atoms with Crippen molar-refractivity contribution in [1.29, 1.82) is 0 Å². The Morgan fingerprint density at radius 2 is 2.47 bits per heavy atom. The number of carbonyl (C=O) groups is 1. The molecule has 84 valence electrons. The summed E-state index contributed by atoms with van der Waals surface area (Å²) in [4.78, 5) is 11.1. The summed E-state index contributed by atoms with van der Waals surface area (Å²) in [6.07, 6.45) is 0.460. The molecule has 0 fully saturated rings. The molecule has 1 aromatic heterocycles. The molecule has 0 saturated carbocycles. The molecule has 1 unspecified atom stereocenters. The van der Waals surface area contributed by atoms with E-state index in [1.165, 1.54) is 4.68 Å². The maximum Gasteiger partial charge on any atom is 0.336 e. The Labute approximate surface area is 87.6 Å². The lowest BCUT2D eigenvalue weighted by atomic mass is 10.3. The highest BCUT2D eigenvalue weighted by Crippen LogP contribution is 2.06. The van der Waals surface area contributed by atoms with E-state index in [-0.39, 0.29) is 13.2 Å². The standard InChI is InChI=1S/C9H15N3O3/c1-3-15-9(14)7(13)5-12-4-6(2)8(10)11-12/h4,7,13H,3,5H2,1-2H3,(H2,10,11). The van der Waals surface area contributed by atoms with Gasteiger partial charge in [-0.1, -0.05) is 0 Å². The maximum atomic E-state index is 11.1. The number of carbonyl (C=O) groups excluding carboxylic acids is 1. The number of rotatable bonds is 4. The van der Waals surface area contributed by atoms with Crippen LogP contribution in [0.1, 0.15) is 12.5 Å². The third kappa shape index (κ3) is 2.95. The summed E-state index contributed by atoms with van der Waals surface area (Å²) in [6.45, 7) is 3.78. The number of esters is 1. The van der Waals surface area contributed by atoms with Gasteiger partial charge in [0.2, 0.25) is 0 Å². The van der Waals surface area contributed by atoms with Crippen molar-refractivity contribution in [2.24, 2.45) is 0 Å². The van der Waals surface area contributed by atoms with Gasteiger partial charge >= 0.3 is 5.97 Å². The highest BCUT2D eigenvalue weighted by Gasteiger charge is 2.17. The minimum absolute atomic E-state index is 0.0525. The van der Waals surface area contributed by atoms with E-state index < -0.39 is 12.1 Å². The van der Waals surface area contributed by atoms with Crippen LogP contribution in [0.2, 0.25) is 0 Å². The molecule has 15 heavy (non-hydrogen) atoms. The largest absolute Gasteiger partial charge is 0.464 e. The van der Waals surface area contributed by atoms with E-state index in [2.05, 4.69) is 9.84 Å². The molecule has 0 aliphatic heterocycles. The molecule has 0 aromatic carbocycles. The van der Waals surface area contributed by atoms with Crippen LogP contribution in [0.15, 0.2) is 6.20 Å². The minimum Gasteiger partial charge on any atom is -0.464 e. The molecule has 6 heteroatoms. The molecule has 0 aliphatic carbocycles. The summed E-state index contributed by atoms with van der Waals surface area (Å²) >= 11 is 0. The third-order valence-corrected chi connectivity index (χ3v) is 1.90. The average molecular weight is 213 g/mol. The number of aliphatic hydroxyl groups excluding tert-OH is 1. The van der Waals surface area contributed by atoms with E-state index in [9.17, 15) is 9.90 Å². The first-order valence-electron chi connectivity index (χ1n) is 4.68. The van der Waals surface area contributed by atoms with Gasteiger partial charge in [-0.3, -0.25) is 4.68 Å². The predicted octanol–water partition coefficient (Wildman–Crippen LogP) is -0.302. The smallest absolute Gasteiger partial charge is 0.336 e. The zero-order chi connectivity index (χ0) is 11.4. The van der Waals surface area contributed by atoms with Crippen LogP contribution in [0, 0.1) is 6.92 Å². The van der Waals surface area contributed by atoms with Gasteiger partial charge in [0.15, 0.2) is 6.10 Å². The van der Waals surface area contributed by atoms with Crippen molar-refractivity contribution in [1.82, 2.24) is 9.78 Å². The van der Waals surface area contributed by atoms with Crippen molar-refractivity contribution in [3.63, 3.8) is 0 Å². The van der Waals surface area contributed by atoms with Gasteiger partial charge in [0.1, 0.15) is 5.82 Å². The lowest BCUT2D eigenvalue weighted by Gasteiger charge is -2.08. The third-order valence-electron chi connectivity index (χ3n) is 1.90. The van der Waals surface area contributed by atoms with Crippen molar-refractivity contribution in [2.45, 2.75) is 26.5 Å². The summed E-state index contributed by atoms with van der Waals surface area (Å²) in [7, 11) is 0. The molecule has 1 heterocycles. The van der Waals surface area contributed by atoms with Crippen molar-refractivity contribution in [2.75, 3.05) is 12.3 Å². The SMILES string of the molecule is CCOC(=O)C(O)Cn1cc(C)c(N)n1. The summed E-state index contributed by atoms with van der Waals surface area (Å²) in [5.74, 6) is -0.254. The summed E-state index contributed by atoms with van der Waals surface area (Å²) in [6, 6.07) is 0. The van der Waals surface area contributed by atoms with Crippen LogP contribution in [0.4, 0.5) is 5.82 Å². The Balaban J connectivity index is 2.58. The molecule has 6 nitrogen and oxygen atoms in total. The van der Waals surface area contributed by atoms with E-state index in [1.54, 1.807) is 20.0 Å². The first kappa shape index (κ1) is 11.5. The van der Waals surface area contributed by atoms with Crippen molar-refractivity contribution in [3.05, 3.63) is 11.8 Å². The Morgan fingerprint density at radius 3 is 2.93 bits per heavy atom. The quantitative estimate of drug-likeness (QED) is 0.670. The van der Waals surface area contributed by atoms with Gasteiger partial charge < -0.3 is 15.6 Å². The number of aromatic nitrogens is 2. The van der Waals surface area contributed by atoms with Crippen molar-refractivity contribution < 1.29 is 14.6 Å². The first-order valence-corrected chi connectivity index (χ1v) is 4.68. The van der Waals surface area contributed by atoms with Gasteiger partial charge in [0.05, 0.1) is 13.2 Å². The molecular formula is C9H15N3O3. The number of nitrogens with two attached hydrogens (primary N) is 1. The number of hydrogen-bond acceptors (Lipinski definition) is 5. The second-order valence-electron chi connectivity index (χ2n) is 3.19. The summed E-state index contributed by atoms with van der Waals surface area (Å²) in [5, 5.41) is 13.3.